The third kappa shape index (κ3) is 89.3. The molecule has 0 aromatic carbocycles. The van der Waals surface area contributed by atoms with Crippen LogP contribution >= 0.6 is 0 Å². The van der Waals surface area contributed by atoms with Gasteiger partial charge in [0.25, 0.3) is 0 Å². The summed E-state index contributed by atoms with van der Waals surface area (Å²) in [6.07, 6.45) is 0.500. The van der Waals surface area contributed by atoms with E-state index in [4.69, 9.17) is 10.2 Å². The van der Waals surface area contributed by atoms with E-state index in [1.165, 1.54) is 0 Å². The molecule has 0 aliphatic carbocycles. The molecular weight excluding hydrogens is 101 g/mol. The van der Waals surface area contributed by atoms with Crippen molar-refractivity contribution in [3.05, 3.63) is 5.41 Å². The van der Waals surface area contributed by atoms with Gasteiger partial charge in [-0.15, -0.1) is 0 Å². The van der Waals surface area contributed by atoms with Gasteiger partial charge < -0.3 is 5.41 Å². The average molecular weight is 101 g/mol. The molecule has 2 nitrogen and oxygen atoms in total. The summed E-state index contributed by atoms with van der Waals surface area (Å²) in [6.45, 7) is 0. The number of nitrogens with zero attached hydrogens (tertiary/aromatic N) is 1. The molecule has 0 N–H and O–H groups in total. The fourth-order valence-corrected chi connectivity index (χ4v) is 0. The molecule has 0 saturated heterocycles. The van der Waals surface area contributed by atoms with Gasteiger partial charge in [-0.05, 0) is 6.08 Å². The van der Waals surface area contributed by atoms with E-state index >= 15 is 0 Å². The monoisotopic (exact) mass is 99.9 g/mol. The van der Waals surface area contributed by atoms with E-state index in [2.05, 4.69) is 0 Å². The van der Waals surface area contributed by atoms with Gasteiger partial charge in [-0.1, -0.05) is 0 Å². The third-order valence-electron chi connectivity index (χ3n) is 0. The Labute approximate surface area is 33.6 Å². The first-order chi connectivity index (χ1) is 1.41. The van der Waals surface area contributed by atoms with Gasteiger partial charge in [0.05, 0.1) is 0 Å². The second-order valence-electron chi connectivity index (χ2n) is 0.0913. The van der Waals surface area contributed by atoms with Crippen LogP contribution in [0.4, 0.5) is 0 Å². The van der Waals surface area contributed by atoms with Gasteiger partial charge in [0.1, 0.15) is 0 Å². The maximum atomic E-state index is 8.24. The molecule has 0 heterocycles. The molecule has 3 heteroatoms. The van der Waals surface area contributed by atoms with Crippen molar-refractivity contribution in [2.75, 3.05) is 0 Å². The number of rotatable bonds is 0. The molecule has 0 unspecified atom stereocenters. The molecule has 26 valence electrons. The van der Waals surface area contributed by atoms with Crippen molar-refractivity contribution in [3.8, 4) is 0 Å². The Morgan fingerprint density at radius 1 is 1.75 bits per heavy atom. The third-order valence-corrected chi connectivity index (χ3v) is 0. The second kappa shape index (κ2) is 13.2. The molecule has 4 heavy (non-hydrogen) atoms. The summed E-state index contributed by atoms with van der Waals surface area (Å²) in [6, 6.07) is 0. The Bertz CT molecular complexity index is 29.0. The predicted molar refractivity (Wildman–Crippen MR) is 9.05 cm³/mol. The normalized spacial score (nSPS) is 2.00. The van der Waals surface area contributed by atoms with Crippen LogP contribution in [-0.4, -0.2) is 6.08 Å². The van der Waals surface area contributed by atoms with Crippen LogP contribution in [0, 0.1) is 0 Å². The summed E-state index contributed by atoms with van der Waals surface area (Å²) < 4.78 is 0. The van der Waals surface area contributed by atoms with E-state index in [-0.39, 0.29) is 16.5 Å². The van der Waals surface area contributed by atoms with E-state index in [9.17, 15) is 0 Å². The largest absolute Gasteiger partial charge is 0.724 e. The fourth-order valence-electron chi connectivity index (χ4n) is 0. The molecule has 0 atom stereocenters. The Kier molecular flexibility index (Phi) is 30.1. The van der Waals surface area contributed by atoms with Crippen molar-refractivity contribution in [1.29, 1.82) is 0 Å². The molecule has 0 spiro atoms. The summed E-state index contributed by atoms with van der Waals surface area (Å²) in [5.41, 5.74) is 0. The van der Waals surface area contributed by atoms with Gasteiger partial charge in [0.15, 0.2) is 0 Å². The van der Waals surface area contributed by atoms with Crippen LogP contribution in [0.3, 0.4) is 0 Å². The van der Waals surface area contributed by atoms with E-state index < -0.39 is 0 Å². The second-order valence-corrected chi connectivity index (χ2v) is 0.0913. The SMILES string of the molecule is [N-]=C=O.[Ni]. The Morgan fingerprint density at radius 3 is 1.75 bits per heavy atom. The van der Waals surface area contributed by atoms with Crippen molar-refractivity contribution in [3.63, 3.8) is 0 Å². The van der Waals surface area contributed by atoms with Crippen LogP contribution in [0.25, 0.3) is 5.41 Å². The van der Waals surface area contributed by atoms with Crippen LogP contribution in [0.1, 0.15) is 0 Å². The van der Waals surface area contributed by atoms with Crippen LogP contribution in [0.15, 0.2) is 0 Å². The minimum absolute atomic E-state index is 0. The molecule has 0 aromatic rings. The van der Waals surface area contributed by atoms with Crippen LogP contribution in [0.2, 0.25) is 0 Å². The molecule has 0 saturated carbocycles. The quantitative estimate of drug-likeness (QED) is 0.238. The van der Waals surface area contributed by atoms with Crippen molar-refractivity contribution in [2.24, 2.45) is 0 Å². The van der Waals surface area contributed by atoms with Crippen molar-refractivity contribution in [1.82, 2.24) is 0 Å². The number of hydrogen-bond donors (Lipinski definition) is 0. The fraction of sp³-hybridized carbons (Fsp3) is 0. The zero-order chi connectivity index (χ0) is 2.71. The maximum absolute atomic E-state index is 8.24. The summed E-state index contributed by atoms with van der Waals surface area (Å²) in [5, 5.41) is 6.76. The first-order valence-corrected chi connectivity index (χ1v) is 0.428. The van der Waals surface area contributed by atoms with E-state index in [1.54, 1.807) is 0 Å². The van der Waals surface area contributed by atoms with Gasteiger partial charge in [-0.25, -0.2) is 0 Å². The minimum atomic E-state index is 0. The summed E-state index contributed by atoms with van der Waals surface area (Å²) >= 11 is 0. The van der Waals surface area contributed by atoms with Crippen molar-refractivity contribution in [2.45, 2.75) is 0 Å². The van der Waals surface area contributed by atoms with E-state index in [1.807, 2.05) is 0 Å². The van der Waals surface area contributed by atoms with Gasteiger partial charge in [-0.3, -0.25) is 4.79 Å². The van der Waals surface area contributed by atoms with Crippen LogP contribution < -0.4 is 0 Å². The molecule has 0 radical (unpaired) electrons. The Hall–Kier alpha value is -0.126. The number of hydrogen-bond acceptors (Lipinski definition) is 1. The van der Waals surface area contributed by atoms with Crippen LogP contribution in [0.5, 0.6) is 0 Å². The number of carbonyl (C=O) groups excluding carboxylic acids is 1. The molecule has 0 rings (SSSR count). The van der Waals surface area contributed by atoms with Crippen molar-refractivity contribution >= 4 is 6.08 Å². The summed E-state index contributed by atoms with van der Waals surface area (Å²) in [4.78, 5) is 8.24. The maximum Gasteiger partial charge on any atom is 0 e. The summed E-state index contributed by atoms with van der Waals surface area (Å²) in [5.74, 6) is 0. The van der Waals surface area contributed by atoms with E-state index in [0.717, 1.165) is 0 Å². The topological polar surface area (TPSA) is 39.4 Å². The minimum Gasteiger partial charge on any atom is -0.724 e. The average Bonchev–Trinajstić information content (AvgIpc) is 0.918. The Morgan fingerprint density at radius 2 is 1.75 bits per heavy atom. The van der Waals surface area contributed by atoms with Crippen LogP contribution in [-0.2, 0) is 21.3 Å². The zero-order valence-electron chi connectivity index (χ0n) is 1.67. The predicted octanol–water partition coefficient (Wildman–Crippen LogP) is -0.111. The molecule has 0 bridgehead atoms. The zero-order valence-corrected chi connectivity index (χ0v) is 2.66. The number of isocyanates is 1. The molecule has 0 aliphatic heterocycles. The Balaban J connectivity index is 0. The first-order valence-electron chi connectivity index (χ1n) is 0.428. The van der Waals surface area contributed by atoms with Crippen molar-refractivity contribution < 1.29 is 21.3 Å². The smallest absolute Gasteiger partial charge is 0 e. The summed E-state index contributed by atoms with van der Waals surface area (Å²) in [7, 11) is 0. The van der Waals surface area contributed by atoms with Gasteiger partial charge >= 0.3 is 0 Å². The van der Waals surface area contributed by atoms with E-state index in [0.29, 0.717) is 6.08 Å². The molecule has 0 amide bonds. The van der Waals surface area contributed by atoms with Gasteiger partial charge in [0.2, 0.25) is 0 Å². The molecular formula is CNNiO-. The molecule has 0 aliphatic rings. The van der Waals surface area contributed by atoms with Gasteiger partial charge in [0, 0.05) is 16.5 Å². The molecule has 0 aromatic heterocycles. The standard InChI is InChI=1S/CNO.Ni/c2-1-3;/q-1;. The molecule has 0 fully saturated rings. The first kappa shape index (κ1) is 9.11. The van der Waals surface area contributed by atoms with Gasteiger partial charge in [-0.2, -0.15) is 0 Å².